The molecule has 3 N–H and O–H groups in total. The molecule has 1 aromatic carbocycles. The summed E-state index contributed by atoms with van der Waals surface area (Å²) in [7, 11) is 0. The second-order valence-electron chi connectivity index (χ2n) is 7.79. The van der Waals surface area contributed by atoms with Crippen molar-refractivity contribution in [1.29, 1.82) is 0 Å². The van der Waals surface area contributed by atoms with Gasteiger partial charge in [-0.2, -0.15) is 0 Å². The molecule has 0 radical (unpaired) electrons. The lowest BCUT2D eigenvalue weighted by Crippen LogP contribution is -2.50. The molecule has 0 unspecified atom stereocenters. The van der Waals surface area contributed by atoms with Gasteiger partial charge in [0.15, 0.2) is 0 Å². The second kappa shape index (κ2) is 3.91. The SMILES string of the molecule is CC1(C)CC[C@@H]2[C@@H](C1)Nc1ccc(N)cc1C2(C)C. The zero-order valence-corrected chi connectivity index (χ0v) is 12.6. The Balaban J connectivity index is 2.03. The van der Waals surface area contributed by atoms with Crippen LogP contribution in [0.1, 0.15) is 52.5 Å². The molecule has 19 heavy (non-hydrogen) atoms. The van der Waals surface area contributed by atoms with Crippen LogP contribution in [0.4, 0.5) is 11.4 Å². The van der Waals surface area contributed by atoms with Gasteiger partial charge in [-0.15, -0.1) is 0 Å². The molecule has 1 aliphatic carbocycles. The summed E-state index contributed by atoms with van der Waals surface area (Å²) in [6.45, 7) is 9.58. The van der Waals surface area contributed by atoms with Crippen LogP contribution in [0, 0.1) is 11.3 Å². The molecule has 104 valence electrons. The van der Waals surface area contributed by atoms with E-state index in [0.717, 1.165) is 11.6 Å². The standard InChI is InChI=1S/C17H26N2/c1-16(2)8-7-12-15(10-16)19-14-6-5-11(18)9-13(14)17(12,3)4/h5-6,9,12,15,19H,7-8,10,18H2,1-4H3/t12-,15-/m1/s1. The van der Waals surface area contributed by atoms with Crippen LogP contribution in [0.2, 0.25) is 0 Å². The predicted octanol–water partition coefficient (Wildman–Crippen LogP) is 4.17. The van der Waals surface area contributed by atoms with Gasteiger partial charge in [-0.25, -0.2) is 0 Å². The molecule has 0 amide bonds. The third-order valence-electron chi connectivity index (χ3n) is 5.40. The predicted molar refractivity (Wildman–Crippen MR) is 82.4 cm³/mol. The second-order valence-corrected chi connectivity index (χ2v) is 7.79. The number of nitrogens with one attached hydrogen (secondary N) is 1. The van der Waals surface area contributed by atoms with Crippen molar-refractivity contribution in [3.8, 4) is 0 Å². The maximum Gasteiger partial charge on any atom is 0.0382 e. The molecule has 0 bridgehead atoms. The summed E-state index contributed by atoms with van der Waals surface area (Å²) < 4.78 is 0. The molecule has 2 atom stereocenters. The highest BCUT2D eigenvalue weighted by Crippen LogP contribution is 2.52. The minimum atomic E-state index is 0.219. The summed E-state index contributed by atoms with van der Waals surface area (Å²) in [6, 6.07) is 6.94. The van der Waals surface area contributed by atoms with Crippen molar-refractivity contribution in [2.24, 2.45) is 11.3 Å². The third-order valence-corrected chi connectivity index (χ3v) is 5.40. The fourth-order valence-electron chi connectivity index (χ4n) is 4.22. The summed E-state index contributed by atoms with van der Waals surface area (Å²) in [6.07, 6.45) is 3.91. The van der Waals surface area contributed by atoms with E-state index in [0.29, 0.717) is 11.5 Å². The molecule has 2 nitrogen and oxygen atoms in total. The Morgan fingerprint density at radius 2 is 1.95 bits per heavy atom. The molecule has 2 heteroatoms. The minimum absolute atomic E-state index is 0.219. The molecule has 0 saturated heterocycles. The van der Waals surface area contributed by atoms with E-state index in [9.17, 15) is 0 Å². The number of hydrogen-bond donors (Lipinski definition) is 2. The third kappa shape index (κ3) is 2.01. The van der Waals surface area contributed by atoms with Gasteiger partial charge in [-0.1, -0.05) is 27.7 Å². The Kier molecular flexibility index (Phi) is 2.64. The summed E-state index contributed by atoms with van der Waals surface area (Å²) in [4.78, 5) is 0. The van der Waals surface area contributed by atoms with Crippen molar-refractivity contribution >= 4 is 11.4 Å². The number of benzene rings is 1. The van der Waals surface area contributed by atoms with Crippen molar-refractivity contribution in [2.45, 2.75) is 58.4 Å². The number of rotatable bonds is 0. The van der Waals surface area contributed by atoms with Gasteiger partial charge in [0.25, 0.3) is 0 Å². The largest absolute Gasteiger partial charge is 0.399 e. The topological polar surface area (TPSA) is 38.0 Å². The Morgan fingerprint density at radius 3 is 2.68 bits per heavy atom. The van der Waals surface area contributed by atoms with Gasteiger partial charge < -0.3 is 11.1 Å². The van der Waals surface area contributed by atoms with Crippen LogP contribution < -0.4 is 11.1 Å². The lowest BCUT2D eigenvalue weighted by atomic mass is 9.58. The number of anilines is 2. The average Bonchev–Trinajstić information content (AvgIpc) is 2.29. The van der Waals surface area contributed by atoms with E-state index in [-0.39, 0.29) is 5.41 Å². The Bertz CT molecular complexity index is 502. The minimum Gasteiger partial charge on any atom is -0.399 e. The van der Waals surface area contributed by atoms with Gasteiger partial charge in [-0.3, -0.25) is 0 Å². The van der Waals surface area contributed by atoms with Crippen molar-refractivity contribution in [3.63, 3.8) is 0 Å². The lowest BCUT2D eigenvalue weighted by Gasteiger charge is -2.52. The molecule has 0 spiro atoms. The first-order valence-electron chi connectivity index (χ1n) is 7.46. The number of hydrogen-bond acceptors (Lipinski definition) is 2. The summed E-state index contributed by atoms with van der Waals surface area (Å²) >= 11 is 0. The maximum absolute atomic E-state index is 5.99. The van der Waals surface area contributed by atoms with E-state index < -0.39 is 0 Å². The normalized spacial score (nSPS) is 30.9. The first-order valence-corrected chi connectivity index (χ1v) is 7.46. The quantitative estimate of drug-likeness (QED) is 0.685. The monoisotopic (exact) mass is 258 g/mol. The van der Waals surface area contributed by atoms with Crippen molar-refractivity contribution in [2.75, 3.05) is 11.1 Å². The van der Waals surface area contributed by atoms with Gasteiger partial charge in [0.05, 0.1) is 0 Å². The highest BCUT2D eigenvalue weighted by Gasteiger charge is 2.46. The lowest BCUT2D eigenvalue weighted by molar-refractivity contribution is 0.120. The first-order chi connectivity index (χ1) is 8.79. The zero-order chi connectivity index (χ0) is 13.8. The average molecular weight is 258 g/mol. The van der Waals surface area contributed by atoms with Crippen LogP contribution >= 0.6 is 0 Å². The van der Waals surface area contributed by atoms with E-state index in [1.54, 1.807) is 0 Å². The molecule has 1 saturated carbocycles. The van der Waals surface area contributed by atoms with Crippen LogP contribution in [0.15, 0.2) is 18.2 Å². The number of nitrogen functional groups attached to an aromatic ring is 1. The van der Waals surface area contributed by atoms with Crippen LogP contribution in [-0.4, -0.2) is 6.04 Å². The highest BCUT2D eigenvalue weighted by atomic mass is 15.0. The smallest absolute Gasteiger partial charge is 0.0382 e. The summed E-state index contributed by atoms with van der Waals surface area (Å²) in [5, 5.41) is 3.78. The molecular formula is C17H26N2. The van der Waals surface area contributed by atoms with Gasteiger partial charge in [0.2, 0.25) is 0 Å². The Hall–Kier alpha value is -1.18. The Labute approximate surface area is 116 Å². The molecule has 1 aromatic rings. The van der Waals surface area contributed by atoms with Gasteiger partial charge in [0.1, 0.15) is 0 Å². The van der Waals surface area contributed by atoms with Crippen LogP contribution in [-0.2, 0) is 5.41 Å². The fourth-order valence-corrected chi connectivity index (χ4v) is 4.22. The van der Waals surface area contributed by atoms with Crippen molar-refractivity contribution in [1.82, 2.24) is 0 Å². The van der Waals surface area contributed by atoms with Crippen molar-refractivity contribution in [3.05, 3.63) is 23.8 Å². The van der Waals surface area contributed by atoms with Crippen LogP contribution in [0.3, 0.4) is 0 Å². The Morgan fingerprint density at radius 1 is 1.21 bits per heavy atom. The van der Waals surface area contributed by atoms with Crippen LogP contribution in [0.25, 0.3) is 0 Å². The fraction of sp³-hybridized carbons (Fsp3) is 0.647. The summed E-state index contributed by atoms with van der Waals surface area (Å²) in [5.41, 5.74) is 10.2. The number of fused-ring (bicyclic) bond motifs is 2. The molecule has 2 aliphatic rings. The molecule has 1 fully saturated rings. The van der Waals surface area contributed by atoms with E-state index in [4.69, 9.17) is 5.73 Å². The van der Waals surface area contributed by atoms with E-state index >= 15 is 0 Å². The molecular weight excluding hydrogens is 232 g/mol. The molecule has 0 aromatic heterocycles. The molecule has 1 heterocycles. The van der Waals surface area contributed by atoms with Gasteiger partial charge >= 0.3 is 0 Å². The molecule has 3 rings (SSSR count). The summed E-state index contributed by atoms with van der Waals surface area (Å²) in [5.74, 6) is 0.717. The van der Waals surface area contributed by atoms with E-state index in [1.165, 1.54) is 30.5 Å². The van der Waals surface area contributed by atoms with Crippen LogP contribution in [0.5, 0.6) is 0 Å². The van der Waals surface area contributed by atoms with Crippen molar-refractivity contribution < 1.29 is 0 Å². The number of nitrogens with two attached hydrogens (primary N) is 1. The first kappa shape index (κ1) is 12.8. The molecule has 1 aliphatic heterocycles. The zero-order valence-electron chi connectivity index (χ0n) is 12.6. The highest BCUT2D eigenvalue weighted by molar-refractivity contribution is 5.63. The van der Waals surface area contributed by atoms with E-state index in [1.807, 2.05) is 6.07 Å². The van der Waals surface area contributed by atoms with E-state index in [2.05, 4.69) is 45.1 Å². The van der Waals surface area contributed by atoms with Gasteiger partial charge in [-0.05, 0) is 59.8 Å². The van der Waals surface area contributed by atoms with Gasteiger partial charge in [0, 0.05) is 17.4 Å². The maximum atomic E-state index is 5.99.